The smallest absolute Gasteiger partial charge is 0.410 e. The first kappa shape index (κ1) is 17.1. The van der Waals surface area contributed by atoms with Crippen LogP contribution in [0.2, 0.25) is 0 Å². The van der Waals surface area contributed by atoms with Gasteiger partial charge in [-0.25, -0.2) is 13.6 Å². The number of halogens is 2. The molecule has 1 aliphatic rings. The largest absolute Gasteiger partial charge is 0.444 e. The summed E-state index contributed by atoms with van der Waals surface area (Å²) in [6.45, 7) is 5.26. The summed E-state index contributed by atoms with van der Waals surface area (Å²) >= 11 is 1.41. The number of carbonyl (C=O) groups excluding carboxylic acids is 1. The highest BCUT2D eigenvalue weighted by atomic mass is 32.2. The third kappa shape index (κ3) is 4.12. The normalized spacial score (nSPS) is 22.0. The van der Waals surface area contributed by atoms with Gasteiger partial charge in [0.15, 0.2) is 0 Å². The molecule has 1 heterocycles. The van der Waals surface area contributed by atoms with Gasteiger partial charge in [-0.2, -0.15) is 0 Å². The molecule has 1 aromatic carbocycles. The summed E-state index contributed by atoms with van der Waals surface area (Å²) in [5.41, 5.74) is -0.0436. The van der Waals surface area contributed by atoms with E-state index in [0.717, 1.165) is 4.90 Å². The number of alkyl halides is 1. The number of amides is 1. The van der Waals surface area contributed by atoms with Crippen molar-refractivity contribution >= 4 is 17.9 Å². The van der Waals surface area contributed by atoms with Crippen molar-refractivity contribution in [2.24, 2.45) is 0 Å². The molecule has 1 aliphatic heterocycles. The van der Waals surface area contributed by atoms with Gasteiger partial charge in [0.2, 0.25) is 0 Å². The Kier molecular flexibility index (Phi) is 5.00. The van der Waals surface area contributed by atoms with Crippen molar-refractivity contribution in [3.63, 3.8) is 0 Å². The highest BCUT2D eigenvalue weighted by Gasteiger charge is 2.38. The van der Waals surface area contributed by atoms with Gasteiger partial charge in [0.1, 0.15) is 17.6 Å². The van der Waals surface area contributed by atoms with Gasteiger partial charge < -0.3 is 4.74 Å². The zero-order valence-electron chi connectivity index (χ0n) is 13.2. The lowest BCUT2D eigenvalue weighted by molar-refractivity contribution is 0.0216. The van der Waals surface area contributed by atoms with E-state index < -0.39 is 23.9 Å². The number of benzene rings is 1. The number of hydrogen-bond acceptors (Lipinski definition) is 3. The van der Waals surface area contributed by atoms with Gasteiger partial charge in [-0.3, -0.25) is 4.90 Å². The molecule has 3 nitrogen and oxygen atoms in total. The molecule has 0 N–H and O–H groups in total. The molecule has 0 aromatic heterocycles. The van der Waals surface area contributed by atoms with Gasteiger partial charge in [-0.1, -0.05) is 0 Å². The van der Waals surface area contributed by atoms with Crippen molar-refractivity contribution in [2.45, 2.75) is 49.9 Å². The zero-order chi connectivity index (χ0) is 16.5. The molecule has 2 atom stereocenters. The highest BCUT2D eigenvalue weighted by Crippen LogP contribution is 2.36. The molecule has 0 radical (unpaired) electrons. The summed E-state index contributed by atoms with van der Waals surface area (Å²) in [5.74, 6) is -0.381. The molecule has 0 unspecified atom stereocenters. The molecule has 122 valence electrons. The van der Waals surface area contributed by atoms with Crippen LogP contribution in [0.3, 0.4) is 0 Å². The van der Waals surface area contributed by atoms with E-state index in [1.807, 2.05) is 6.26 Å². The highest BCUT2D eigenvalue weighted by molar-refractivity contribution is 7.98. The van der Waals surface area contributed by atoms with Gasteiger partial charge in [-0.05, 0) is 50.8 Å². The quantitative estimate of drug-likeness (QED) is 0.745. The molecule has 0 aliphatic carbocycles. The van der Waals surface area contributed by atoms with Crippen LogP contribution in [0.1, 0.15) is 38.8 Å². The van der Waals surface area contributed by atoms with E-state index in [9.17, 15) is 13.6 Å². The summed E-state index contributed by atoms with van der Waals surface area (Å²) < 4.78 is 32.9. The van der Waals surface area contributed by atoms with Crippen LogP contribution in [-0.2, 0) is 4.74 Å². The van der Waals surface area contributed by atoms with Crippen LogP contribution in [0.25, 0.3) is 0 Å². The number of ether oxygens (including phenoxy) is 1. The van der Waals surface area contributed by atoms with Gasteiger partial charge in [0, 0.05) is 11.3 Å². The lowest BCUT2D eigenvalue weighted by Gasteiger charge is -2.28. The number of thioether (sulfide) groups is 1. The minimum Gasteiger partial charge on any atom is -0.444 e. The maximum absolute atomic E-state index is 13.8. The molecule has 0 bridgehead atoms. The third-order valence-corrected chi connectivity index (χ3v) is 4.10. The lowest BCUT2D eigenvalue weighted by Crippen LogP contribution is -2.37. The molecule has 1 amide bonds. The first-order valence-corrected chi connectivity index (χ1v) is 8.40. The third-order valence-electron chi connectivity index (χ3n) is 3.39. The minimum absolute atomic E-state index is 0.0231. The molecule has 1 aromatic rings. The van der Waals surface area contributed by atoms with Gasteiger partial charge >= 0.3 is 6.09 Å². The number of rotatable bonds is 2. The van der Waals surface area contributed by atoms with E-state index in [1.165, 1.54) is 28.8 Å². The van der Waals surface area contributed by atoms with Crippen molar-refractivity contribution in [2.75, 3.05) is 12.8 Å². The van der Waals surface area contributed by atoms with Crippen LogP contribution < -0.4 is 0 Å². The standard InChI is InChI=1S/C16H21F2NO2S/c1-16(2,3)21-15(20)19-9-12(18)8-14(19)10-5-11(17)7-13(6-10)22-4/h5-7,12,14H,8-9H2,1-4H3/t12-,14+/m0/s1. The van der Waals surface area contributed by atoms with Crippen molar-refractivity contribution in [3.05, 3.63) is 29.6 Å². The van der Waals surface area contributed by atoms with Crippen molar-refractivity contribution in [3.8, 4) is 0 Å². The number of hydrogen-bond donors (Lipinski definition) is 0. The van der Waals surface area contributed by atoms with Crippen LogP contribution in [0.5, 0.6) is 0 Å². The average molecular weight is 329 g/mol. The predicted octanol–water partition coefficient (Wildman–Crippen LogP) is 4.57. The second-order valence-corrected chi connectivity index (χ2v) is 7.29. The maximum atomic E-state index is 13.8. The molecular weight excluding hydrogens is 308 g/mol. The van der Waals surface area contributed by atoms with Gasteiger partial charge in [0.25, 0.3) is 0 Å². The van der Waals surface area contributed by atoms with Crippen LogP contribution in [-0.4, -0.2) is 35.6 Å². The Morgan fingerprint density at radius 2 is 2.05 bits per heavy atom. The Labute approximate surface area is 134 Å². The van der Waals surface area contributed by atoms with E-state index in [4.69, 9.17) is 4.74 Å². The number of likely N-dealkylation sites (tertiary alicyclic amines) is 1. The van der Waals surface area contributed by atoms with Crippen LogP contribution in [0, 0.1) is 5.82 Å². The Hall–Kier alpha value is -1.30. The summed E-state index contributed by atoms with van der Waals surface area (Å²) in [6.07, 6.45) is 0.318. The molecule has 1 saturated heterocycles. The first-order valence-electron chi connectivity index (χ1n) is 7.18. The van der Waals surface area contributed by atoms with Crippen LogP contribution in [0.15, 0.2) is 23.1 Å². The first-order chi connectivity index (χ1) is 10.2. The predicted molar refractivity (Wildman–Crippen MR) is 83.4 cm³/mol. The second kappa shape index (κ2) is 6.44. The van der Waals surface area contributed by atoms with Gasteiger partial charge in [-0.15, -0.1) is 11.8 Å². The maximum Gasteiger partial charge on any atom is 0.410 e. The SMILES string of the molecule is CSc1cc(F)cc([C@H]2C[C@H](F)CN2C(=O)OC(C)(C)C)c1. The Morgan fingerprint density at radius 3 is 2.64 bits per heavy atom. The van der Waals surface area contributed by atoms with Crippen molar-refractivity contribution in [1.29, 1.82) is 0 Å². The summed E-state index contributed by atoms with van der Waals surface area (Å²) in [7, 11) is 0. The summed E-state index contributed by atoms with van der Waals surface area (Å²) in [5, 5.41) is 0. The molecule has 6 heteroatoms. The van der Waals surface area contributed by atoms with Gasteiger partial charge in [0.05, 0.1) is 12.6 Å². The fourth-order valence-electron chi connectivity index (χ4n) is 2.52. The lowest BCUT2D eigenvalue weighted by atomic mass is 10.0. The number of nitrogens with zero attached hydrogens (tertiary/aromatic N) is 1. The van der Waals surface area contributed by atoms with Crippen molar-refractivity contribution in [1.82, 2.24) is 4.90 Å². The Bertz CT molecular complexity index is 560. The summed E-state index contributed by atoms with van der Waals surface area (Å²) in [6, 6.07) is 4.09. The average Bonchev–Trinajstić information content (AvgIpc) is 2.78. The molecule has 22 heavy (non-hydrogen) atoms. The van der Waals surface area contributed by atoms with E-state index in [-0.39, 0.29) is 18.8 Å². The fourth-order valence-corrected chi connectivity index (χ4v) is 3.00. The van der Waals surface area contributed by atoms with E-state index in [2.05, 4.69) is 0 Å². The molecule has 1 fully saturated rings. The number of carbonyl (C=O) groups is 1. The van der Waals surface area contributed by atoms with E-state index >= 15 is 0 Å². The molecule has 0 saturated carbocycles. The topological polar surface area (TPSA) is 29.5 Å². The zero-order valence-corrected chi connectivity index (χ0v) is 14.0. The monoisotopic (exact) mass is 329 g/mol. The van der Waals surface area contributed by atoms with E-state index in [0.29, 0.717) is 5.56 Å². The van der Waals surface area contributed by atoms with E-state index in [1.54, 1.807) is 26.8 Å². The fraction of sp³-hybridized carbons (Fsp3) is 0.562. The van der Waals surface area contributed by atoms with Crippen LogP contribution in [0.4, 0.5) is 13.6 Å². The van der Waals surface area contributed by atoms with Crippen molar-refractivity contribution < 1.29 is 18.3 Å². The Morgan fingerprint density at radius 1 is 1.36 bits per heavy atom. The minimum atomic E-state index is -1.13. The second-order valence-electron chi connectivity index (χ2n) is 6.41. The molecule has 2 rings (SSSR count). The summed E-state index contributed by atoms with van der Waals surface area (Å²) in [4.78, 5) is 14.4. The molecular formula is C16H21F2NO2S. The molecule has 0 spiro atoms. The Balaban J connectivity index is 2.28. The van der Waals surface area contributed by atoms with Crippen LogP contribution >= 0.6 is 11.8 Å².